The van der Waals surface area contributed by atoms with Gasteiger partial charge in [0.2, 0.25) is 0 Å². The first-order chi connectivity index (χ1) is 5.72. The van der Waals surface area contributed by atoms with Crippen LogP contribution in [-0.2, 0) is 4.79 Å². The van der Waals surface area contributed by atoms with Crippen LogP contribution in [0.4, 0.5) is 0 Å². The number of hydrogen-bond donors (Lipinski definition) is 0. The Hall–Kier alpha value is -0.590. The minimum absolute atomic E-state index is 0.340. The SMILES string of the molecule is C=C(C)C(=O)C1C2CCCCC21. The highest BCUT2D eigenvalue weighted by molar-refractivity contribution is 5.98. The number of fused-ring (bicyclic) bond motifs is 1. The molecule has 2 unspecified atom stereocenters. The smallest absolute Gasteiger partial charge is 0.161 e. The van der Waals surface area contributed by atoms with Crippen molar-refractivity contribution in [3.8, 4) is 0 Å². The molecule has 2 fully saturated rings. The van der Waals surface area contributed by atoms with E-state index in [1.165, 1.54) is 25.7 Å². The van der Waals surface area contributed by atoms with Gasteiger partial charge in [-0.15, -0.1) is 0 Å². The molecular formula is C11H16O. The first-order valence-electron chi connectivity index (χ1n) is 4.91. The van der Waals surface area contributed by atoms with Gasteiger partial charge >= 0.3 is 0 Å². The van der Waals surface area contributed by atoms with E-state index in [1.54, 1.807) is 0 Å². The molecule has 2 aliphatic rings. The average Bonchev–Trinajstić information content (AvgIpc) is 2.76. The molecule has 2 atom stereocenters. The lowest BCUT2D eigenvalue weighted by Crippen LogP contribution is -2.03. The van der Waals surface area contributed by atoms with E-state index < -0.39 is 0 Å². The van der Waals surface area contributed by atoms with Crippen molar-refractivity contribution < 1.29 is 4.79 Å². The molecule has 0 saturated heterocycles. The van der Waals surface area contributed by atoms with Crippen LogP contribution in [0.15, 0.2) is 12.2 Å². The van der Waals surface area contributed by atoms with Crippen molar-refractivity contribution in [3.05, 3.63) is 12.2 Å². The Morgan fingerprint density at radius 2 is 1.75 bits per heavy atom. The minimum atomic E-state index is 0.340. The monoisotopic (exact) mass is 164 g/mol. The van der Waals surface area contributed by atoms with E-state index in [0.29, 0.717) is 11.7 Å². The second kappa shape index (κ2) is 2.72. The Morgan fingerprint density at radius 1 is 1.25 bits per heavy atom. The summed E-state index contributed by atoms with van der Waals surface area (Å²) >= 11 is 0. The molecule has 1 heteroatoms. The van der Waals surface area contributed by atoms with Gasteiger partial charge in [-0.05, 0) is 37.2 Å². The molecule has 66 valence electrons. The highest BCUT2D eigenvalue weighted by atomic mass is 16.1. The van der Waals surface area contributed by atoms with Crippen molar-refractivity contribution in [2.75, 3.05) is 0 Å². The lowest BCUT2D eigenvalue weighted by atomic mass is 10.0. The van der Waals surface area contributed by atoms with Crippen molar-refractivity contribution >= 4 is 5.78 Å². The largest absolute Gasteiger partial charge is 0.294 e. The van der Waals surface area contributed by atoms with Crippen LogP contribution < -0.4 is 0 Å². The molecule has 2 aliphatic carbocycles. The molecule has 0 aromatic rings. The summed E-state index contributed by atoms with van der Waals surface area (Å²) in [5.74, 6) is 2.20. The van der Waals surface area contributed by atoms with E-state index in [2.05, 4.69) is 6.58 Å². The lowest BCUT2D eigenvalue weighted by Gasteiger charge is -2.04. The van der Waals surface area contributed by atoms with E-state index in [0.717, 1.165) is 17.4 Å². The first kappa shape index (κ1) is 8.03. The zero-order chi connectivity index (χ0) is 8.72. The van der Waals surface area contributed by atoms with Gasteiger partial charge in [0.15, 0.2) is 5.78 Å². The van der Waals surface area contributed by atoms with Gasteiger partial charge in [0.25, 0.3) is 0 Å². The minimum Gasteiger partial charge on any atom is -0.294 e. The van der Waals surface area contributed by atoms with Gasteiger partial charge in [0, 0.05) is 5.92 Å². The standard InChI is InChI=1S/C11H16O/c1-7(2)11(12)10-8-5-3-4-6-9(8)10/h8-10H,1,3-6H2,2H3. The summed E-state index contributed by atoms with van der Waals surface area (Å²) in [5, 5.41) is 0. The average molecular weight is 164 g/mol. The fraction of sp³-hybridized carbons (Fsp3) is 0.727. The molecule has 0 bridgehead atoms. The van der Waals surface area contributed by atoms with Crippen LogP contribution in [0.1, 0.15) is 32.6 Å². The number of hydrogen-bond acceptors (Lipinski definition) is 1. The topological polar surface area (TPSA) is 17.1 Å². The molecule has 0 heterocycles. The maximum atomic E-state index is 11.6. The van der Waals surface area contributed by atoms with Crippen LogP contribution in [0.5, 0.6) is 0 Å². The van der Waals surface area contributed by atoms with Gasteiger partial charge < -0.3 is 0 Å². The van der Waals surface area contributed by atoms with Crippen LogP contribution in [0.25, 0.3) is 0 Å². The molecule has 1 nitrogen and oxygen atoms in total. The van der Waals surface area contributed by atoms with Crippen LogP contribution in [-0.4, -0.2) is 5.78 Å². The molecule has 0 amide bonds. The Morgan fingerprint density at radius 3 is 2.17 bits per heavy atom. The summed E-state index contributed by atoms with van der Waals surface area (Å²) in [5.41, 5.74) is 0.759. The molecule has 0 N–H and O–H groups in total. The summed E-state index contributed by atoms with van der Waals surface area (Å²) < 4.78 is 0. The summed E-state index contributed by atoms with van der Waals surface area (Å²) in [6.45, 7) is 5.56. The molecule has 0 radical (unpaired) electrons. The Labute approximate surface area is 73.8 Å². The third kappa shape index (κ3) is 1.12. The summed E-state index contributed by atoms with van der Waals surface area (Å²) in [6, 6.07) is 0. The number of rotatable bonds is 2. The fourth-order valence-corrected chi connectivity index (χ4v) is 2.67. The molecule has 2 saturated carbocycles. The van der Waals surface area contributed by atoms with Gasteiger partial charge in [-0.3, -0.25) is 4.79 Å². The highest BCUT2D eigenvalue weighted by Gasteiger charge is 2.54. The quantitative estimate of drug-likeness (QED) is 0.573. The summed E-state index contributed by atoms with van der Waals surface area (Å²) in [4.78, 5) is 11.6. The molecule has 0 aromatic carbocycles. The van der Waals surface area contributed by atoms with Crippen molar-refractivity contribution in [3.63, 3.8) is 0 Å². The fourth-order valence-electron chi connectivity index (χ4n) is 2.67. The number of carbonyl (C=O) groups is 1. The summed E-state index contributed by atoms with van der Waals surface area (Å²) in [6.07, 6.45) is 5.24. The van der Waals surface area contributed by atoms with Crippen LogP contribution in [0, 0.1) is 17.8 Å². The molecule has 0 spiro atoms. The van der Waals surface area contributed by atoms with Gasteiger partial charge in [-0.2, -0.15) is 0 Å². The highest BCUT2D eigenvalue weighted by Crippen LogP contribution is 2.56. The molecule has 12 heavy (non-hydrogen) atoms. The predicted molar refractivity (Wildman–Crippen MR) is 48.8 cm³/mol. The third-order valence-electron chi connectivity index (χ3n) is 3.38. The Balaban J connectivity index is 2.00. The predicted octanol–water partition coefficient (Wildman–Crippen LogP) is 2.57. The van der Waals surface area contributed by atoms with Crippen molar-refractivity contribution in [1.29, 1.82) is 0 Å². The molecular weight excluding hydrogens is 148 g/mol. The van der Waals surface area contributed by atoms with Gasteiger partial charge in [0.1, 0.15) is 0 Å². The van der Waals surface area contributed by atoms with Crippen LogP contribution in [0.2, 0.25) is 0 Å². The molecule has 0 aromatic heterocycles. The second-order valence-electron chi connectivity index (χ2n) is 4.28. The first-order valence-corrected chi connectivity index (χ1v) is 4.91. The van der Waals surface area contributed by atoms with E-state index in [-0.39, 0.29) is 0 Å². The molecule has 0 aliphatic heterocycles. The van der Waals surface area contributed by atoms with Gasteiger partial charge in [-0.25, -0.2) is 0 Å². The van der Waals surface area contributed by atoms with E-state index in [1.807, 2.05) is 6.92 Å². The van der Waals surface area contributed by atoms with Gasteiger partial charge in [0.05, 0.1) is 0 Å². The third-order valence-corrected chi connectivity index (χ3v) is 3.38. The van der Waals surface area contributed by atoms with Crippen molar-refractivity contribution in [1.82, 2.24) is 0 Å². The lowest BCUT2D eigenvalue weighted by molar-refractivity contribution is -0.117. The zero-order valence-corrected chi connectivity index (χ0v) is 7.68. The van der Waals surface area contributed by atoms with E-state index in [4.69, 9.17) is 0 Å². The summed E-state index contributed by atoms with van der Waals surface area (Å²) in [7, 11) is 0. The van der Waals surface area contributed by atoms with Gasteiger partial charge in [-0.1, -0.05) is 19.4 Å². The number of Topliss-reactive ketones (excluding diaryl/α,β-unsaturated/α-hetero) is 1. The number of ketones is 1. The normalized spacial score (nSPS) is 38.6. The molecule has 2 rings (SSSR count). The van der Waals surface area contributed by atoms with E-state index in [9.17, 15) is 4.79 Å². The maximum absolute atomic E-state index is 11.6. The van der Waals surface area contributed by atoms with Crippen molar-refractivity contribution in [2.45, 2.75) is 32.6 Å². The Kier molecular flexibility index (Phi) is 1.82. The van der Waals surface area contributed by atoms with Crippen LogP contribution in [0.3, 0.4) is 0 Å². The van der Waals surface area contributed by atoms with Crippen molar-refractivity contribution in [2.24, 2.45) is 17.8 Å². The van der Waals surface area contributed by atoms with Crippen LogP contribution >= 0.6 is 0 Å². The number of allylic oxidation sites excluding steroid dienone is 1. The number of carbonyl (C=O) groups excluding carboxylic acids is 1. The van der Waals surface area contributed by atoms with E-state index >= 15 is 0 Å². The second-order valence-corrected chi connectivity index (χ2v) is 4.28. The zero-order valence-electron chi connectivity index (χ0n) is 7.68. The Bertz CT molecular complexity index is 217. The maximum Gasteiger partial charge on any atom is 0.161 e.